The highest BCUT2D eigenvalue weighted by Crippen LogP contribution is 2.21. The van der Waals surface area contributed by atoms with Crippen molar-refractivity contribution < 1.29 is 8.42 Å². The maximum absolute atomic E-state index is 12.6. The van der Waals surface area contributed by atoms with Crippen LogP contribution in [-0.4, -0.2) is 24.8 Å². The molecule has 0 saturated heterocycles. The first kappa shape index (κ1) is 15.1. The van der Waals surface area contributed by atoms with Crippen molar-refractivity contribution >= 4 is 10.0 Å². The Balaban J connectivity index is 3.26. The fourth-order valence-electron chi connectivity index (χ4n) is 2.11. The molecule has 1 aromatic carbocycles. The van der Waals surface area contributed by atoms with E-state index in [9.17, 15) is 8.42 Å². The molecule has 18 heavy (non-hydrogen) atoms. The Bertz CT molecular complexity index is 487. The van der Waals surface area contributed by atoms with Crippen LogP contribution >= 0.6 is 0 Å². The number of hydrogen-bond donors (Lipinski definition) is 1. The Hall–Kier alpha value is -0.910. The molecule has 0 unspecified atom stereocenters. The summed E-state index contributed by atoms with van der Waals surface area (Å²) in [6.45, 7) is 7.86. The molecule has 0 radical (unpaired) electrons. The van der Waals surface area contributed by atoms with Gasteiger partial charge in [-0.05, 0) is 45.4 Å². The smallest absolute Gasteiger partial charge is 0.243 e. The van der Waals surface area contributed by atoms with E-state index in [0.717, 1.165) is 5.56 Å². The maximum atomic E-state index is 12.6. The van der Waals surface area contributed by atoms with Crippen LogP contribution in [0.25, 0.3) is 0 Å². The summed E-state index contributed by atoms with van der Waals surface area (Å²) < 4.78 is 26.7. The first-order chi connectivity index (χ1) is 8.30. The predicted octanol–water partition coefficient (Wildman–Crippen LogP) is 1.95. The molecule has 0 heterocycles. The second-order valence-electron chi connectivity index (χ2n) is 4.87. The van der Waals surface area contributed by atoms with Crippen LogP contribution in [0.5, 0.6) is 0 Å². The first-order valence-electron chi connectivity index (χ1n) is 6.13. The largest absolute Gasteiger partial charge is 0.326 e. The molecule has 4 nitrogen and oxygen atoms in total. The van der Waals surface area contributed by atoms with Crippen LogP contribution in [0.2, 0.25) is 0 Å². The van der Waals surface area contributed by atoms with Crippen LogP contribution < -0.4 is 5.73 Å². The summed E-state index contributed by atoms with van der Waals surface area (Å²) in [6.07, 6.45) is 0. The summed E-state index contributed by atoms with van der Waals surface area (Å²) in [5.41, 5.74) is 6.37. The zero-order valence-corrected chi connectivity index (χ0v) is 12.2. The van der Waals surface area contributed by atoms with Gasteiger partial charge < -0.3 is 5.73 Å². The molecule has 0 saturated carbocycles. The average Bonchev–Trinajstić information content (AvgIpc) is 2.27. The number of sulfonamides is 1. The molecular weight excluding hydrogens is 248 g/mol. The van der Waals surface area contributed by atoms with Crippen LogP contribution in [-0.2, 0) is 16.6 Å². The van der Waals surface area contributed by atoms with Gasteiger partial charge in [-0.25, -0.2) is 8.42 Å². The summed E-state index contributed by atoms with van der Waals surface area (Å²) in [5, 5.41) is 0. The van der Waals surface area contributed by atoms with E-state index in [4.69, 9.17) is 5.73 Å². The van der Waals surface area contributed by atoms with Crippen molar-refractivity contribution in [2.45, 2.75) is 51.2 Å². The Kier molecular flexibility index (Phi) is 4.90. The zero-order valence-electron chi connectivity index (χ0n) is 11.4. The van der Waals surface area contributed by atoms with Crippen LogP contribution in [0, 0.1) is 0 Å². The van der Waals surface area contributed by atoms with Crippen molar-refractivity contribution in [2.24, 2.45) is 5.73 Å². The Labute approximate surface area is 110 Å². The van der Waals surface area contributed by atoms with E-state index in [-0.39, 0.29) is 12.1 Å². The third-order valence-corrected chi connectivity index (χ3v) is 4.98. The molecule has 0 spiro atoms. The molecule has 0 aromatic heterocycles. The van der Waals surface area contributed by atoms with Crippen LogP contribution in [0.3, 0.4) is 0 Å². The molecule has 0 aliphatic rings. The molecule has 0 atom stereocenters. The average molecular weight is 270 g/mol. The maximum Gasteiger partial charge on any atom is 0.243 e. The fourth-order valence-corrected chi connectivity index (χ4v) is 4.01. The van der Waals surface area contributed by atoms with Crippen LogP contribution in [0.4, 0.5) is 0 Å². The van der Waals surface area contributed by atoms with E-state index in [0.29, 0.717) is 11.4 Å². The van der Waals surface area contributed by atoms with E-state index in [1.54, 1.807) is 18.2 Å². The summed E-state index contributed by atoms with van der Waals surface area (Å²) in [7, 11) is -3.45. The predicted molar refractivity (Wildman–Crippen MR) is 73.6 cm³/mol. The Morgan fingerprint density at radius 3 is 2.17 bits per heavy atom. The SMILES string of the molecule is CC(C)N(C(C)C)S(=O)(=O)c1cccc(CN)c1. The third-order valence-electron chi connectivity index (χ3n) is 2.73. The van der Waals surface area contributed by atoms with E-state index < -0.39 is 10.0 Å². The minimum absolute atomic E-state index is 0.0727. The van der Waals surface area contributed by atoms with Gasteiger partial charge in [-0.3, -0.25) is 0 Å². The van der Waals surface area contributed by atoms with E-state index in [1.165, 1.54) is 4.31 Å². The first-order valence-corrected chi connectivity index (χ1v) is 7.57. The van der Waals surface area contributed by atoms with Gasteiger partial charge in [0, 0.05) is 18.6 Å². The topological polar surface area (TPSA) is 63.4 Å². The molecule has 0 fully saturated rings. The number of benzene rings is 1. The lowest BCUT2D eigenvalue weighted by atomic mass is 10.2. The highest BCUT2D eigenvalue weighted by Gasteiger charge is 2.29. The van der Waals surface area contributed by atoms with Crippen LogP contribution in [0.1, 0.15) is 33.3 Å². The molecule has 5 heteroatoms. The standard InChI is InChI=1S/C13H22N2O2S/c1-10(2)15(11(3)4)18(16,17)13-7-5-6-12(8-13)9-14/h5-8,10-11H,9,14H2,1-4H3. The highest BCUT2D eigenvalue weighted by atomic mass is 32.2. The number of nitrogens with two attached hydrogens (primary N) is 1. The Morgan fingerprint density at radius 1 is 1.17 bits per heavy atom. The minimum atomic E-state index is -3.45. The highest BCUT2D eigenvalue weighted by molar-refractivity contribution is 7.89. The van der Waals surface area contributed by atoms with E-state index in [1.807, 2.05) is 33.8 Å². The van der Waals surface area contributed by atoms with Gasteiger partial charge in [0.05, 0.1) is 4.90 Å². The monoisotopic (exact) mass is 270 g/mol. The van der Waals surface area contributed by atoms with Crippen LogP contribution in [0.15, 0.2) is 29.2 Å². The van der Waals surface area contributed by atoms with Crippen molar-refractivity contribution in [3.05, 3.63) is 29.8 Å². The minimum Gasteiger partial charge on any atom is -0.326 e. The van der Waals surface area contributed by atoms with Gasteiger partial charge in [-0.1, -0.05) is 12.1 Å². The molecule has 1 aromatic rings. The molecule has 2 N–H and O–H groups in total. The number of hydrogen-bond acceptors (Lipinski definition) is 3. The molecule has 102 valence electrons. The second-order valence-corrected chi connectivity index (χ2v) is 6.72. The Morgan fingerprint density at radius 2 is 1.72 bits per heavy atom. The molecule has 0 bridgehead atoms. The number of rotatable bonds is 5. The lowest BCUT2D eigenvalue weighted by Crippen LogP contribution is -2.41. The number of nitrogens with zero attached hydrogens (tertiary/aromatic N) is 1. The van der Waals surface area contributed by atoms with Gasteiger partial charge in [-0.2, -0.15) is 4.31 Å². The molecule has 1 rings (SSSR count). The molecular formula is C13H22N2O2S. The molecule has 0 aliphatic carbocycles. The van der Waals surface area contributed by atoms with Crippen molar-refractivity contribution in [3.63, 3.8) is 0 Å². The van der Waals surface area contributed by atoms with Crippen molar-refractivity contribution in [2.75, 3.05) is 0 Å². The van der Waals surface area contributed by atoms with Crippen molar-refractivity contribution in [3.8, 4) is 0 Å². The summed E-state index contributed by atoms with van der Waals surface area (Å²) in [5.74, 6) is 0. The normalized spacial score (nSPS) is 12.7. The van der Waals surface area contributed by atoms with Gasteiger partial charge in [0.15, 0.2) is 0 Å². The van der Waals surface area contributed by atoms with Gasteiger partial charge in [0.1, 0.15) is 0 Å². The van der Waals surface area contributed by atoms with Gasteiger partial charge in [0.2, 0.25) is 10.0 Å². The lowest BCUT2D eigenvalue weighted by Gasteiger charge is -2.29. The van der Waals surface area contributed by atoms with E-state index in [2.05, 4.69) is 0 Å². The van der Waals surface area contributed by atoms with Gasteiger partial charge in [-0.15, -0.1) is 0 Å². The summed E-state index contributed by atoms with van der Waals surface area (Å²) >= 11 is 0. The quantitative estimate of drug-likeness (QED) is 0.889. The summed E-state index contributed by atoms with van der Waals surface area (Å²) in [4.78, 5) is 0.313. The van der Waals surface area contributed by atoms with Crippen molar-refractivity contribution in [1.82, 2.24) is 4.31 Å². The zero-order chi connectivity index (χ0) is 13.9. The lowest BCUT2D eigenvalue weighted by molar-refractivity contribution is 0.302. The molecule has 0 amide bonds. The summed E-state index contributed by atoms with van der Waals surface area (Å²) in [6, 6.07) is 6.68. The molecule has 0 aliphatic heterocycles. The van der Waals surface area contributed by atoms with E-state index >= 15 is 0 Å². The van der Waals surface area contributed by atoms with Gasteiger partial charge >= 0.3 is 0 Å². The third kappa shape index (κ3) is 3.10. The second kappa shape index (κ2) is 5.82. The van der Waals surface area contributed by atoms with Gasteiger partial charge in [0.25, 0.3) is 0 Å². The fraction of sp³-hybridized carbons (Fsp3) is 0.538. The van der Waals surface area contributed by atoms with Crippen molar-refractivity contribution in [1.29, 1.82) is 0 Å².